The van der Waals surface area contributed by atoms with Crippen LogP contribution in [0.25, 0.3) is 0 Å². The Morgan fingerprint density at radius 3 is 1.88 bits per heavy atom. The summed E-state index contributed by atoms with van der Waals surface area (Å²) in [5, 5.41) is 0. The van der Waals surface area contributed by atoms with E-state index in [2.05, 4.69) is 4.72 Å². The highest BCUT2D eigenvalue weighted by Gasteiger charge is 2.14. The van der Waals surface area contributed by atoms with E-state index in [1.54, 1.807) is 0 Å². The molecule has 0 unspecified atom stereocenters. The maximum Gasteiger partial charge on any atom is 0.240 e. The van der Waals surface area contributed by atoms with Crippen LogP contribution in [0.15, 0.2) is 34.1 Å². The zero-order valence-corrected chi connectivity index (χ0v) is 11.3. The largest absolute Gasteiger partial charge is 0.240 e. The van der Waals surface area contributed by atoms with Gasteiger partial charge in [-0.2, -0.15) is 0 Å². The van der Waals surface area contributed by atoms with E-state index in [4.69, 9.17) is 0 Å². The molecule has 0 aliphatic rings. The summed E-state index contributed by atoms with van der Waals surface area (Å²) in [6, 6.07) is 5.15. The lowest BCUT2D eigenvalue weighted by Gasteiger charge is -2.06. The zero-order chi connectivity index (χ0) is 13.1. The molecular formula is C10H15NO4S2. The molecule has 96 valence electrons. The molecule has 0 spiro atoms. The number of nitrogens with one attached hydrogen (secondary N) is 1. The molecule has 0 atom stereocenters. The third-order valence-corrected chi connectivity index (χ3v) is 4.71. The monoisotopic (exact) mass is 277 g/mol. The smallest absolute Gasteiger partial charge is 0.224 e. The number of hydrogen-bond donors (Lipinski definition) is 1. The Hall–Kier alpha value is -0.920. The molecule has 0 saturated carbocycles. The van der Waals surface area contributed by atoms with E-state index in [-0.39, 0.29) is 9.79 Å². The summed E-state index contributed by atoms with van der Waals surface area (Å²) >= 11 is 0. The molecule has 7 heteroatoms. The molecule has 0 saturated heterocycles. The van der Waals surface area contributed by atoms with E-state index in [1.807, 2.05) is 6.92 Å². The van der Waals surface area contributed by atoms with Crippen molar-refractivity contribution in [2.45, 2.75) is 23.1 Å². The van der Waals surface area contributed by atoms with E-state index in [9.17, 15) is 16.8 Å². The van der Waals surface area contributed by atoms with E-state index in [0.29, 0.717) is 13.0 Å². The first kappa shape index (κ1) is 14.1. The highest BCUT2D eigenvalue weighted by atomic mass is 32.2. The summed E-state index contributed by atoms with van der Waals surface area (Å²) in [5.41, 5.74) is 0. The molecule has 0 radical (unpaired) electrons. The first-order valence-corrected chi connectivity index (χ1v) is 8.44. The third kappa shape index (κ3) is 3.79. The summed E-state index contributed by atoms with van der Waals surface area (Å²) in [5.74, 6) is 0. The van der Waals surface area contributed by atoms with Crippen LogP contribution < -0.4 is 4.72 Å². The Bertz CT molecular complexity index is 573. The fourth-order valence-corrected chi connectivity index (χ4v) is 2.95. The molecule has 0 heterocycles. The molecule has 0 fully saturated rings. The standard InChI is InChI=1S/C10H15NO4S2/c1-3-8-11-17(14,15)10-6-4-9(5-7-10)16(2,12)13/h4-7,11H,3,8H2,1-2H3. The van der Waals surface area contributed by atoms with Crippen LogP contribution in [-0.4, -0.2) is 29.6 Å². The van der Waals surface area contributed by atoms with Crippen LogP contribution in [0.5, 0.6) is 0 Å². The lowest BCUT2D eigenvalue weighted by atomic mass is 10.4. The van der Waals surface area contributed by atoms with Crippen molar-refractivity contribution >= 4 is 19.9 Å². The van der Waals surface area contributed by atoms with Crippen molar-refractivity contribution in [3.05, 3.63) is 24.3 Å². The second-order valence-electron chi connectivity index (χ2n) is 3.64. The number of sulfonamides is 1. The van der Waals surface area contributed by atoms with E-state index in [0.717, 1.165) is 6.26 Å². The Labute approximate surface area is 102 Å². The molecule has 5 nitrogen and oxygen atoms in total. The van der Waals surface area contributed by atoms with Crippen LogP contribution in [0, 0.1) is 0 Å². The van der Waals surface area contributed by atoms with Crippen LogP contribution in [0.2, 0.25) is 0 Å². The molecule has 0 amide bonds. The van der Waals surface area contributed by atoms with Crippen LogP contribution in [0.1, 0.15) is 13.3 Å². The van der Waals surface area contributed by atoms with Gasteiger partial charge in [0.25, 0.3) is 0 Å². The van der Waals surface area contributed by atoms with E-state index < -0.39 is 19.9 Å². The highest BCUT2D eigenvalue weighted by Crippen LogP contribution is 2.14. The van der Waals surface area contributed by atoms with Gasteiger partial charge in [0.15, 0.2) is 9.84 Å². The third-order valence-electron chi connectivity index (χ3n) is 2.10. The molecule has 1 aromatic carbocycles. The van der Waals surface area contributed by atoms with Gasteiger partial charge < -0.3 is 0 Å². The maximum atomic E-state index is 11.7. The van der Waals surface area contributed by atoms with Gasteiger partial charge in [-0.1, -0.05) is 6.92 Å². The minimum Gasteiger partial charge on any atom is -0.224 e. The summed E-state index contributed by atoms with van der Waals surface area (Å²) in [4.78, 5) is 0.172. The molecule has 1 rings (SSSR count). The normalized spacial score (nSPS) is 12.6. The lowest BCUT2D eigenvalue weighted by Crippen LogP contribution is -2.24. The topological polar surface area (TPSA) is 80.3 Å². The average Bonchev–Trinajstić information content (AvgIpc) is 2.25. The first-order valence-electron chi connectivity index (χ1n) is 5.07. The van der Waals surface area contributed by atoms with Gasteiger partial charge in [-0.05, 0) is 30.7 Å². The number of sulfone groups is 1. The molecule has 0 bridgehead atoms. The van der Waals surface area contributed by atoms with Gasteiger partial charge in [-0.3, -0.25) is 0 Å². The minimum atomic E-state index is -3.53. The SMILES string of the molecule is CCCNS(=O)(=O)c1ccc(S(C)(=O)=O)cc1. The predicted molar refractivity (Wildman–Crippen MR) is 65.0 cm³/mol. The number of benzene rings is 1. The molecule has 1 N–H and O–H groups in total. The van der Waals surface area contributed by atoms with Gasteiger partial charge >= 0.3 is 0 Å². The molecule has 0 aromatic heterocycles. The molecule has 17 heavy (non-hydrogen) atoms. The Morgan fingerprint density at radius 2 is 1.47 bits per heavy atom. The molecule has 1 aromatic rings. The van der Waals surface area contributed by atoms with Gasteiger partial charge in [0.1, 0.15) is 0 Å². The van der Waals surface area contributed by atoms with Crippen molar-refractivity contribution in [1.29, 1.82) is 0 Å². The van der Waals surface area contributed by atoms with Crippen molar-refractivity contribution in [2.24, 2.45) is 0 Å². The van der Waals surface area contributed by atoms with E-state index >= 15 is 0 Å². The van der Waals surface area contributed by atoms with Crippen molar-refractivity contribution in [3.8, 4) is 0 Å². The van der Waals surface area contributed by atoms with Crippen molar-refractivity contribution in [2.75, 3.05) is 12.8 Å². The van der Waals surface area contributed by atoms with E-state index in [1.165, 1.54) is 24.3 Å². The second kappa shape index (κ2) is 5.16. The minimum absolute atomic E-state index is 0.0679. The van der Waals surface area contributed by atoms with Crippen LogP contribution in [0.4, 0.5) is 0 Å². The van der Waals surface area contributed by atoms with Crippen molar-refractivity contribution < 1.29 is 16.8 Å². The average molecular weight is 277 g/mol. The Balaban J connectivity index is 3.03. The van der Waals surface area contributed by atoms with Gasteiger partial charge in [0, 0.05) is 12.8 Å². The van der Waals surface area contributed by atoms with Crippen LogP contribution in [0.3, 0.4) is 0 Å². The van der Waals surface area contributed by atoms with Crippen molar-refractivity contribution in [3.63, 3.8) is 0 Å². The number of hydrogen-bond acceptors (Lipinski definition) is 4. The van der Waals surface area contributed by atoms with Gasteiger partial charge in [0.2, 0.25) is 10.0 Å². The summed E-state index contributed by atoms with van der Waals surface area (Å²) in [6.07, 6.45) is 1.77. The summed E-state index contributed by atoms with van der Waals surface area (Å²) in [6.45, 7) is 2.21. The summed E-state index contributed by atoms with van der Waals surface area (Å²) in [7, 11) is -6.83. The fraction of sp³-hybridized carbons (Fsp3) is 0.400. The highest BCUT2D eigenvalue weighted by molar-refractivity contribution is 7.90. The zero-order valence-electron chi connectivity index (χ0n) is 9.67. The second-order valence-corrected chi connectivity index (χ2v) is 7.42. The van der Waals surface area contributed by atoms with Crippen LogP contribution in [-0.2, 0) is 19.9 Å². The Morgan fingerprint density at radius 1 is 1.00 bits per heavy atom. The predicted octanol–water partition coefficient (Wildman–Crippen LogP) is 0.778. The van der Waals surface area contributed by atoms with Gasteiger partial charge in [0.05, 0.1) is 9.79 Å². The van der Waals surface area contributed by atoms with Crippen LogP contribution >= 0.6 is 0 Å². The number of rotatable bonds is 5. The molecule has 0 aliphatic carbocycles. The molecule has 0 aliphatic heterocycles. The van der Waals surface area contributed by atoms with Gasteiger partial charge in [-0.15, -0.1) is 0 Å². The lowest BCUT2D eigenvalue weighted by molar-refractivity contribution is 0.580. The quantitative estimate of drug-likeness (QED) is 0.862. The fourth-order valence-electron chi connectivity index (χ4n) is 1.19. The molecular weight excluding hydrogens is 262 g/mol. The van der Waals surface area contributed by atoms with Gasteiger partial charge in [-0.25, -0.2) is 21.6 Å². The summed E-state index contributed by atoms with van der Waals surface area (Å²) < 4.78 is 48.2. The maximum absolute atomic E-state index is 11.7. The first-order chi connectivity index (χ1) is 7.77. The Kier molecular flexibility index (Phi) is 4.29. The van der Waals surface area contributed by atoms with Crippen molar-refractivity contribution in [1.82, 2.24) is 4.72 Å².